The zero-order valence-electron chi connectivity index (χ0n) is 10.0. The fraction of sp³-hybridized carbons (Fsp3) is 0.143. The standard InChI is InChI=1S/C14H14FNOS/c1-2-17-12-7-11(16)8-14(9-12)18-13-5-3-4-10(15)6-13/h3-9H,2,16H2,1H3. The molecule has 0 atom stereocenters. The van der Waals surface area contributed by atoms with Crippen molar-refractivity contribution in [3.63, 3.8) is 0 Å². The second kappa shape index (κ2) is 5.78. The molecule has 0 aliphatic carbocycles. The molecule has 0 aliphatic rings. The quantitative estimate of drug-likeness (QED) is 0.848. The minimum atomic E-state index is -0.242. The van der Waals surface area contributed by atoms with Crippen molar-refractivity contribution in [2.24, 2.45) is 0 Å². The van der Waals surface area contributed by atoms with Crippen LogP contribution in [0.2, 0.25) is 0 Å². The molecule has 2 rings (SSSR count). The van der Waals surface area contributed by atoms with Crippen molar-refractivity contribution in [3.8, 4) is 5.75 Å². The molecular formula is C14H14FNOS. The summed E-state index contributed by atoms with van der Waals surface area (Å²) in [6.07, 6.45) is 0. The first-order chi connectivity index (χ1) is 8.67. The summed E-state index contributed by atoms with van der Waals surface area (Å²) >= 11 is 1.46. The van der Waals surface area contributed by atoms with Gasteiger partial charge < -0.3 is 10.5 Å². The molecule has 0 fully saturated rings. The molecule has 0 aliphatic heterocycles. The van der Waals surface area contributed by atoms with E-state index in [0.29, 0.717) is 12.3 Å². The number of nitrogens with two attached hydrogens (primary N) is 1. The molecule has 0 spiro atoms. The maximum absolute atomic E-state index is 13.1. The predicted molar refractivity (Wildman–Crippen MR) is 72.5 cm³/mol. The van der Waals surface area contributed by atoms with Gasteiger partial charge in [-0.1, -0.05) is 17.8 Å². The molecule has 0 aromatic heterocycles. The van der Waals surface area contributed by atoms with E-state index in [9.17, 15) is 4.39 Å². The van der Waals surface area contributed by atoms with E-state index >= 15 is 0 Å². The Morgan fingerprint density at radius 2 is 2.00 bits per heavy atom. The Balaban J connectivity index is 2.23. The molecule has 2 aromatic rings. The van der Waals surface area contributed by atoms with Gasteiger partial charge in [-0.3, -0.25) is 0 Å². The van der Waals surface area contributed by atoms with E-state index in [0.717, 1.165) is 15.5 Å². The highest BCUT2D eigenvalue weighted by Crippen LogP contribution is 2.32. The third-order valence-electron chi connectivity index (χ3n) is 2.25. The normalized spacial score (nSPS) is 10.3. The van der Waals surface area contributed by atoms with Crippen molar-refractivity contribution in [1.82, 2.24) is 0 Å². The Labute approximate surface area is 110 Å². The molecule has 4 heteroatoms. The fourth-order valence-corrected chi connectivity index (χ4v) is 2.53. The molecule has 0 bridgehead atoms. The number of hydrogen-bond donors (Lipinski definition) is 1. The molecule has 2 N–H and O–H groups in total. The third kappa shape index (κ3) is 3.40. The van der Waals surface area contributed by atoms with Crippen LogP contribution in [0.25, 0.3) is 0 Å². The summed E-state index contributed by atoms with van der Waals surface area (Å²) in [5.41, 5.74) is 6.44. The highest BCUT2D eigenvalue weighted by molar-refractivity contribution is 7.99. The average molecular weight is 263 g/mol. The molecular weight excluding hydrogens is 249 g/mol. The topological polar surface area (TPSA) is 35.2 Å². The minimum absolute atomic E-state index is 0.242. The molecule has 0 radical (unpaired) electrons. The van der Waals surface area contributed by atoms with E-state index in [1.165, 1.54) is 23.9 Å². The zero-order valence-corrected chi connectivity index (χ0v) is 10.8. The van der Waals surface area contributed by atoms with E-state index in [2.05, 4.69) is 0 Å². The Bertz CT molecular complexity index is 545. The van der Waals surface area contributed by atoms with Crippen molar-refractivity contribution in [1.29, 1.82) is 0 Å². The Kier molecular flexibility index (Phi) is 4.10. The second-order valence-electron chi connectivity index (χ2n) is 3.73. The molecule has 0 amide bonds. The van der Waals surface area contributed by atoms with Crippen LogP contribution < -0.4 is 10.5 Å². The van der Waals surface area contributed by atoms with Crippen molar-refractivity contribution in [2.45, 2.75) is 16.7 Å². The predicted octanol–water partition coefficient (Wildman–Crippen LogP) is 3.96. The molecule has 0 saturated heterocycles. The number of hydrogen-bond acceptors (Lipinski definition) is 3. The lowest BCUT2D eigenvalue weighted by atomic mass is 10.3. The SMILES string of the molecule is CCOc1cc(N)cc(Sc2cccc(F)c2)c1. The first kappa shape index (κ1) is 12.8. The van der Waals surface area contributed by atoms with Gasteiger partial charge in [-0.2, -0.15) is 0 Å². The summed E-state index contributed by atoms with van der Waals surface area (Å²) in [7, 11) is 0. The molecule has 0 unspecified atom stereocenters. The lowest BCUT2D eigenvalue weighted by Crippen LogP contribution is -1.93. The summed E-state index contributed by atoms with van der Waals surface area (Å²) in [5.74, 6) is 0.491. The second-order valence-corrected chi connectivity index (χ2v) is 4.88. The van der Waals surface area contributed by atoms with Gasteiger partial charge in [-0.25, -0.2) is 4.39 Å². The first-order valence-corrected chi connectivity index (χ1v) is 6.46. The number of benzene rings is 2. The summed E-state index contributed by atoms with van der Waals surface area (Å²) in [4.78, 5) is 1.77. The van der Waals surface area contributed by atoms with E-state index in [-0.39, 0.29) is 5.82 Å². The molecule has 18 heavy (non-hydrogen) atoms. The van der Waals surface area contributed by atoms with E-state index < -0.39 is 0 Å². The fourth-order valence-electron chi connectivity index (χ4n) is 1.57. The largest absolute Gasteiger partial charge is 0.494 e. The Hall–Kier alpha value is -1.68. The van der Waals surface area contributed by atoms with Crippen molar-refractivity contribution >= 4 is 17.4 Å². The summed E-state index contributed by atoms with van der Waals surface area (Å²) in [6, 6.07) is 12.0. The van der Waals surface area contributed by atoms with Crippen molar-refractivity contribution in [3.05, 3.63) is 48.3 Å². The zero-order chi connectivity index (χ0) is 13.0. The molecule has 0 heterocycles. The van der Waals surface area contributed by atoms with Crippen LogP contribution in [0.5, 0.6) is 5.75 Å². The van der Waals surface area contributed by atoms with Gasteiger partial charge in [0.1, 0.15) is 11.6 Å². The van der Waals surface area contributed by atoms with Gasteiger partial charge >= 0.3 is 0 Å². The Morgan fingerprint density at radius 1 is 1.17 bits per heavy atom. The van der Waals surface area contributed by atoms with Gasteiger partial charge in [-0.15, -0.1) is 0 Å². The van der Waals surface area contributed by atoms with Crippen molar-refractivity contribution in [2.75, 3.05) is 12.3 Å². The molecule has 0 saturated carbocycles. The van der Waals surface area contributed by atoms with Gasteiger partial charge in [0, 0.05) is 21.5 Å². The summed E-state index contributed by atoms with van der Waals surface area (Å²) in [5, 5.41) is 0. The maximum Gasteiger partial charge on any atom is 0.124 e. The average Bonchev–Trinajstić information content (AvgIpc) is 2.28. The molecule has 94 valence electrons. The summed E-state index contributed by atoms with van der Waals surface area (Å²) in [6.45, 7) is 2.51. The maximum atomic E-state index is 13.1. The number of nitrogen functional groups attached to an aromatic ring is 1. The number of halogens is 1. The van der Waals surface area contributed by atoms with Gasteiger partial charge in [0.15, 0.2) is 0 Å². The lowest BCUT2D eigenvalue weighted by Gasteiger charge is -2.08. The first-order valence-electron chi connectivity index (χ1n) is 5.64. The smallest absolute Gasteiger partial charge is 0.124 e. The number of ether oxygens (including phenoxy) is 1. The van der Waals surface area contributed by atoms with Crippen LogP contribution >= 0.6 is 11.8 Å². The number of rotatable bonds is 4. The van der Waals surface area contributed by atoms with Crippen LogP contribution in [-0.4, -0.2) is 6.61 Å². The van der Waals surface area contributed by atoms with Gasteiger partial charge in [0.05, 0.1) is 6.61 Å². The van der Waals surface area contributed by atoms with Crippen LogP contribution in [0.3, 0.4) is 0 Å². The van der Waals surface area contributed by atoms with Crippen LogP contribution in [0, 0.1) is 5.82 Å². The minimum Gasteiger partial charge on any atom is -0.494 e. The van der Waals surface area contributed by atoms with Crippen molar-refractivity contribution < 1.29 is 9.13 Å². The highest BCUT2D eigenvalue weighted by atomic mass is 32.2. The Morgan fingerprint density at radius 3 is 2.72 bits per heavy atom. The van der Waals surface area contributed by atoms with E-state index in [1.54, 1.807) is 12.1 Å². The summed E-state index contributed by atoms with van der Waals surface area (Å²) < 4.78 is 18.5. The number of anilines is 1. The monoisotopic (exact) mass is 263 g/mol. The van der Waals surface area contributed by atoms with E-state index in [1.807, 2.05) is 25.1 Å². The molecule has 2 nitrogen and oxygen atoms in total. The van der Waals surface area contributed by atoms with Gasteiger partial charge in [-0.05, 0) is 37.3 Å². The van der Waals surface area contributed by atoms with E-state index in [4.69, 9.17) is 10.5 Å². The van der Waals surface area contributed by atoms with Crippen LogP contribution in [-0.2, 0) is 0 Å². The highest BCUT2D eigenvalue weighted by Gasteiger charge is 2.03. The lowest BCUT2D eigenvalue weighted by molar-refractivity contribution is 0.339. The van der Waals surface area contributed by atoms with Crippen LogP contribution in [0.15, 0.2) is 52.3 Å². The van der Waals surface area contributed by atoms with Crippen LogP contribution in [0.1, 0.15) is 6.92 Å². The van der Waals surface area contributed by atoms with Crippen LogP contribution in [0.4, 0.5) is 10.1 Å². The van der Waals surface area contributed by atoms with Gasteiger partial charge in [0.2, 0.25) is 0 Å². The van der Waals surface area contributed by atoms with Gasteiger partial charge in [0.25, 0.3) is 0 Å². The third-order valence-corrected chi connectivity index (χ3v) is 3.21. The molecule has 2 aromatic carbocycles.